The first-order chi connectivity index (χ1) is 6.04. The molecule has 0 amide bonds. The largest absolute Gasteiger partial charge is 0.309 e. The topological polar surface area (TPSA) is 56.0 Å². The highest BCUT2D eigenvalue weighted by atomic mass is 127. The van der Waals surface area contributed by atoms with E-state index in [2.05, 4.69) is 4.98 Å². The van der Waals surface area contributed by atoms with Crippen molar-refractivity contribution in [2.24, 2.45) is 0 Å². The molecule has 0 unspecified atom stereocenters. The second kappa shape index (κ2) is 3.90. The summed E-state index contributed by atoms with van der Waals surface area (Å²) in [4.78, 5) is 12.8. The van der Waals surface area contributed by atoms with Gasteiger partial charge in [-0.25, -0.2) is 13.8 Å². The van der Waals surface area contributed by atoms with E-state index < -0.39 is 22.7 Å². The van der Waals surface area contributed by atoms with Crippen molar-refractivity contribution >= 4 is 28.3 Å². The van der Waals surface area contributed by atoms with Crippen LogP contribution >= 0.6 is 22.6 Å². The Morgan fingerprint density at radius 3 is 2.62 bits per heavy atom. The predicted molar refractivity (Wildman–Crippen MR) is 48.6 cm³/mol. The van der Waals surface area contributed by atoms with E-state index in [4.69, 9.17) is 0 Å². The molecule has 0 saturated carbocycles. The maximum Gasteiger partial charge on any atom is 0.309 e. The van der Waals surface area contributed by atoms with E-state index in [1.807, 2.05) is 0 Å². The number of rotatable bonds is 2. The van der Waals surface area contributed by atoms with Gasteiger partial charge in [0.2, 0.25) is 0 Å². The van der Waals surface area contributed by atoms with Crippen LogP contribution in [0, 0.1) is 13.7 Å². The summed E-state index contributed by atoms with van der Waals surface area (Å²) in [5.41, 5.74) is -1.39. The standard InChI is InChI=1S/C6H3F2IN2O2/c7-6(8)4-5(11(12)13)3(9)1-2-10-4/h1-2,6H. The molecule has 0 spiro atoms. The number of aromatic nitrogens is 1. The van der Waals surface area contributed by atoms with Gasteiger partial charge >= 0.3 is 5.69 Å². The average Bonchev–Trinajstić information content (AvgIpc) is 2.02. The molecule has 1 aromatic heterocycles. The van der Waals surface area contributed by atoms with Gasteiger partial charge in [-0.1, -0.05) is 0 Å². The van der Waals surface area contributed by atoms with Crippen molar-refractivity contribution in [1.29, 1.82) is 0 Å². The SMILES string of the molecule is O=[N+]([O-])c1c(I)ccnc1C(F)F. The molecule has 0 aromatic carbocycles. The number of hydrogen-bond acceptors (Lipinski definition) is 3. The Labute approximate surface area is 85.3 Å². The lowest BCUT2D eigenvalue weighted by atomic mass is 10.3. The quantitative estimate of drug-likeness (QED) is 0.479. The van der Waals surface area contributed by atoms with Crippen LogP contribution in [-0.2, 0) is 0 Å². The molecule has 1 heterocycles. The molecule has 4 nitrogen and oxygen atoms in total. The predicted octanol–water partition coefficient (Wildman–Crippen LogP) is 2.53. The molecule has 0 aliphatic heterocycles. The Morgan fingerprint density at radius 1 is 1.62 bits per heavy atom. The van der Waals surface area contributed by atoms with Gasteiger partial charge in [0.05, 0.1) is 8.49 Å². The molecule has 1 aromatic rings. The van der Waals surface area contributed by atoms with Gasteiger partial charge in [0.1, 0.15) is 0 Å². The third-order valence-electron chi connectivity index (χ3n) is 1.29. The number of nitro groups is 1. The number of nitrogens with zero attached hydrogens (tertiary/aromatic N) is 2. The van der Waals surface area contributed by atoms with Crippen LogP contribution in [0.25, 0.3) is 0 Å². The lowest BCUT2D eigenvalue weighted by Gasteiger charge is -2.00. The van der Waals surface area contributed by atoms with Crippen LogP contribution in [0.15, 0.2) is 12.3 Å². The molecule has 13 heavy (non-hydrogen) atoms. The Bertz CT molecular complexity index is 345. The van der Waals surface area contributed by atoms with Crippen LogP contribution in [0.5, 0.6) is 0 Å². The summed E-state index contributed by atoms with van der Waals surface area (Å²) in [6, 6.07) is 1.31. The third-order valence-corrected chi connectivity index (χ3v) is 2.16. The fraction of sp³-hybridized carbons (Fsp3) is 0.167. The van der Waals surface area contributed by atoms with Crippen molar-refractivity contribution < 1.29 is 13.7 Å². The van der Waals surface area contributed by atoms with Crippen LogP contribution in [0.4, 0.5) is 14.5 Å². The van der Waals surface area contributed by atoms with Crippen molar-refractivity contribution in [3.8, 4) is 0 Å². The van der Waals surface area contributed by atoms with Gasteiger partial charge in [-0.3, -0.25) is 10.1 Å². The van der Waals surface area contributed by atoms with Crippen molar-refractivity contribution in [3.05, 3.63) is 31.6 Å². The monoisotopic (exact) mass is 300 g/mol. The smallest absolute Gasteiger partial charge is 0.258 e. The van der Waals surface area contributed by atoms with Crippen LogP contribution < -0.4 is 0 Å². The zero-order valence-corrected chi connectivity index (χ0v) is 8.23. The van der Waals surface area contributed by atoms with Crippen LogP contribution in [0.2, 0.25) is 0 Å². The summed E-state index contributed by atoms with van der Waals surface area (Å²) in [7, 11) is 0. The van der Waals surface area contributed by atoms with E-state index >= 15 is 0 Å². The fourth-order valence-electron chi connectivity index (χ4n) is 0.786. The second-order valence-electron chi connectivity index (χ2n) is 2.08. The fourth-order valence-corrected chi connectivity index (χ4v) is 1.42. The highest BCUT2D eigenvalue weighted by Crippen LogP contribution is 2.30. The van der Waals surface area contributed by atoms with Gasteiger partial charge in [-0.15, -0.1) is 0 Å². The van der Waals surface area contributed by atoms with Crippen molar-refractivity contribution in [1.82, 2.24) is 4.98 Å². The van der Waals surface area contributed by atoms with Crippen LogP contribution in [0.1, 0.15) is 12.1 Å². The maximum absolute atomic E-state index is 12.2. The van der Waals surface area contributed by atoms with E-state index in [9.17, 15) is 18.9 Å². The van der Waals surface area contributed by atoms with Gasteiger partial charge in [0.15, 0.2) is 5.69 Å². The van der Waals surface area contributed by atoms with E-state index in [-0.39, 0.29) is 3.57 Å². The minimum Gasteiger partial charge on any atom is -0.258 e. The Morgan fingerprint density at radius 2 is 2.23 bits per heavy atom. The molecule has 0 aliphatic carbocycles. The molecule has 0 bridgehead atoms. The van der Waals surface area contributed by atoms with Crippen LogP contribution in [-0.4, -0.2) is 9.91 Å². The summed E-state index contributed by atoms with van der Waals surface area (Å²) in [5, 5.41) is 10.4. The Kier molecular flexibility index (Phi) is 3.07. The molecular weight excluding hydrogens is 297 g/mol. The van der Waals surface area contributed by atoms with Gasteiger partial charge in [-0.2, -0.15) is 0 Å². The van der Waals surface area contributed by atoms with Crippen LogP contribution in [0.3, 0.4) is 0 Å². The average molecular weight is 300 g/mol. The summed E-state index contributed by atoms with van der Waals surface area (Å²) in [5.74, 6) is 0. The number of halogens is 3. The van der Waals surface area contributed by atoms with Gasteiger partial charge in [-0.05, 0) is 28.7 Å². The van der Waals surface area contributed by atoms with E-state index in [0.29, 0.717) is 0 Å². The first kappa shape index (κ1) is 10.2. The molecule has 1 rings (SSSR count). The molecule has 0 atom stereocenters. The van der Waals surface area contributed by atoms with Gasteiger partial charge < -0.3 is 0 Å². The minimum absolute atomic E-state index is 0.160. The lowest BCUT2D eigenvalue weighted by Crippen LogP contribution is -2.00. The van der Waals surface area contributed by atoms with Gasteiger partial charge in [0.25, 0.3) is 6.43 Å². The van der Waals surface area contributed by atoms with Crippen molar-refractivity contribution in [2.75, 3.05) is 0 Å². The third kappa shape index (κ3) is 2.08. The van der Waals surface area contributed by atoms with E-state index in [1.165, 1.54) is 6.07 Å². The number of pyridine rings is 1. The van der Waals surface area contributed by atoms with Gasteiger partial charge in [0, 0.05) is 6.20 Å². The minimum atomic E-state index is -2.92. The molecule has 0 aliphatic rings. The van der Waals surface area contributed by atoms with E-state index in [0.717, 1.165) is 6.20 Å². The van der Waals surface area contributed by atoms with Crippen molar-refractivity contribution in [2.45, 2.75) is 6.43 Å². The van der Waals surface area contributed by atoms with Crippen molar-refractivity contribution in [3.63, 3.8) is 0 Å². The normalized spacial score (nSPS) is 10.5. The molecule has 7 heteroatoms. The highest BCUT2D eigenvalue weighted by molar-refractivity contribution is 14.1. The summed E-state index contributed by atoms with van der Waals surface area (Å²) < 4.78 is 24.6. The zero-order valence-electron chi connectivity index (χ0n) is 6.08. The summed E-state index contributed by atoms with van der Waals surface area (Å²) >= 11 is 1.62. The molecule has 0 fully saturated rings. The first-order valence-corrected chi connectivity index (χ1v) is 4.19. The second-order valence-corrected chi connectivity index (χ2v) is 3.25. The lowest BCUT2D eigenvalue weighted by molar-refractivity contribution is -0.387. The first-order valence-electron chi connectivity index (χ1n) is 3.11. The molecule has 0 saturated heterocycles. The number of alkyl halides is 2. The maximum atomic E-state index is 12.2. The zero-order chi connectivity index (χ0) is 10.0. The molecule has 0 N–H and O–H groups in total. The highest BCUT2D eigenvalue weighted by Gasteiger charge is 2.25. The molecular formula is C6H3F2IN2O2. The Hall–Kier alpha value is -0.860. The summed E-state index contributed by atoms with van der Waals surface area (Å²) in [6.45, 7) is 0. The van der Waals surface area contributed by atoms with E-state index in [1.54, 1.807) is 22.6 Å². The Balaban J connectivity index is 3.34. The summed E-state index contributed by atoms with van der Waals surface area (Å²) in [6.07, 6.45) is -1.80. The molecule has 0 radical (unpaired) electrons. The molecule has 70 valence electrons. The number of hydrogen-bond donors (Lipinski definition) is 0.